The zero-order chi connectivity index (χ0) is 19.5. The van der Waals surface area contributed by atoms with E-state index in [0.717, 1.165) is 51.4 Å². The second-order valence-electron chi connectivity index (χ2n) is 8.26. The van der Waals surface area contributed by atoms with E-state index >= 15 is 0 Å². The molecular formula is C21H32N4O2. The van der Waals surface area contributed by atoms with Crippen LogP contribution in [-0.2, 0) is 16.8 Å². The fraction of sp³-hybridized carbons (Fsp3) is 0.619. The Morgan fingerprint density at radius 1 is 1.37 bits per heavy atom. The van der Waals surface area contributed by atoms with E-state index in [0.29, 0.717) is 0 Å². The minimum atomic E-state index is -0.0837. The highest BCUT2D eigenvalue weighted by Crippen LogP contribution is 2.41. The molecular weight excluding hydrogens is 340 g/mol. The van der Waals surface area contributed by atoms with Crippen molar-refractivity contribution in [1.29, 1.82) is 0 Å². The Kier molecular flexibility index (Phi) is 5.86. The van der Waals surface area contributed by atoms with Gasteiger partial charge in [-0.3, -0.25) is 14.5 Å². The van der Waals surface area contributed by atoms with Crippen LogP contribution in [-0.4, -0.2) is 45.7 Å². The van der Waals surface area contributed by atoms with E-state index in [9.17, 15) is 4.79 Å². The number of aromatic amines is 1. The van der Waals surface area contributed by atoms with Crippen LogP contribution in [0.15, 0.2) is 35.5 Å². The quantitative estimate of drug-likeness (QED) is 0.774. The Bertz CT molecular complexity index is 793. The van der Waals surface area contributed by atoms with Gasteiger partial charge in [-0.05, 0) is 58.7 Å². The Labute approximate surface area is 161 Å². The van der Waals surface area contributed by atoms with E-state index in [2.05, 4.69) is 40.8 Å². The van der Waals surface area contributed by atoms with Gasteiger partial charge in [-0.25, -0.2) is 4.79 Å². The predicted molar refractivity (Wildman–Crippen MR) is 107 cm³/mol. The molecule has 1 fully saturated rings. The average molecular weight is 373 g/mol. The van der Waals surface area contributed by atoms with Crippen molar-refractivity contribution in [1.82, 2.24) is 19.4 Å². The topological polar surface area (TPSA) is 63.1 Å². The number of ether oxygens (including phenoxy) is 1. The molecule has 1 N–H and O–H groups in total. The fourth-order valence-electron chi connectivity index (χ4n) is 4.02. The molecule has 148 valence electrons. The summed E-state index contributed by atoms with van der Waals surface area (Å²) in [7, 11) is 0. The van der Waals surface area contributed by atoms with Gasteiger partial charge in [0.2, 0.25) is 0 Å². The minimum Gasteiger partial charge on any atom is -0.381 e. The highest BCUT2D eigenvalue weighted by molar-refractivity contribution is 5.22. The molecule has 0 amide bonds. The molecule has 1 aliphatic rings. The van der Waals surface area contributed by atoms with E-state index in [1.807, 2.05) is 26.2 Å². The lowest BCUT2D eigenvalue weighted by molar-refractivity contribution is 0.0357. The molecule has 1 saturated heterocycles. The molecule has 6 nitrogen and oxygen atoms in total. The van der Waals surface area contributed by atoms with Crippen molar-refractivity contribution in [3.8, 4) is 0 Å². The molecule has 1 unspecified atom stereocenters. The maximum atomic E-state index is 11.8. The van der Waals surface area contributed by atoms with Gasteiger partial charge >= 0.3 is 5.69 Å². The smallest absolute Gasteiger partial charge is 0.325 e. The second kappa shape index (κ2) is 7.98. The number of hydrogen-bond donors (Lipinski definition) is 1. The molecule has 1 aliphatic heterocycles. The van der Waals surface area contributed by atoms with E-state index in [4.69, 9.17) is 4.74 Å². The Morgan fingerprint density at radius 3 is 2.81 bits per heavy atom. The number of hydrogen-bond acceptors (Lipinski definition) is 4. The third-order valence-corrected chi connectivity index (χ3v) is 6.06. The SMILES string of the molecule is CCOCC1(CCn2cc[nH]c2=O)CCN(C(C)(C)c2ccc(C)nc2)C1. The van der Waals surface area contributed by atoms with E-state index < -0.39 is 0 Å². The highest BCUT2D eigenvalue weighted by Gasteiger charge is 2.43. The number of H-pyrrole nitrogens is 1. The zero-order valence-corrected chi connectivity index (χ0v) is 17.0. The Hall–Kier alpha value is -1.92. The Morgan fingerprint density at radius 2 is 2.19 bits per heavy atom. The van der Waals surface area contributed by atoms with Crippen LogP contribution in [0, 0.1) is 12.3 Å². The molecule has 1 atom stereocenters. The highest BCUT2D eigenvalue weighted by atomic mass is 16.5. The second-order valence-corrected chi connectivity index (χ2v) is 8.26. The van der Waals surface area contributed by atoms with Gasteiger partial charge in [0, 0.05) is 54.9 Å². The van der Waals surface area contributed by atoms with Crippen LogP contribution in [0.3, 0.4) is 0 Å². The van der Waals surface area contributed by atoms with Crippen LogP contribution in [0.1, 0.15) is 44.9 Å². The zero-order valence-electron chi connectivity index (χ0n) is 17.0. The van der Waals surface area contributed by atoms with Gasteiger partial charge in [-0.1, -0.05) is 6.07 Å². The summed E-state index contributed by atoms with van der Waals surface area (Å²) in [5.41, 5.74) is 2.23. The number of aryl methyl sites for hydroxylation is 2. The lowest BCUT2D eigenvalue weighted by Crippen LogP contribution is -2.42. The first-order chi connectivity index (χ1) is 12.9. The molecule has 2 aromatic rings. The number of likely N-dealkylation sites (tertiary alicyclic amines) is 1. The lowest BCUT2D eigenvalue weighted by atomic mass is 9.84. The molecule has 0 radical (unpaired) electrons. The predicted octanol–water partition coefficient (Wildman–Crippen LogP) is 2.93. The number of rotatable bonds is 8. The summed E-state index contributed by atoms with van der Waals surface area (Å²) in [4.78, 5) is 21.6. The van der Waals surface area contributed by atoms with Crippen molar-refractivity contribution in [3.05, 3.63) is 52.5 Å². The van der Waals surface area contributed by atoms with Crippen molar-refractivity contribution < 1.29 is 4.74 Å². The van der Waals surface area contributed by atoms with Crippen LogP contribution in [0.2, 0.25) is 0 Å². The van der Waals surface area contributed by atoms with Crippen molar-refractivity contribution in [2.45, 2.75) is 52.6 Å². The molecule has 0 bridgehead atoms. The molecule has 0 aromatic carbocycles. The number of imidazole rings is 1. The van der Waals surface area contributed by atoms with Gasteiger partial charge < -0.3 is 9.72 Å². The summed E-state index contributed by atoms with van der Waals surface area (Å²) in [6.07, 6.45) is 7.53. The average Bonchev–Trinajstić information content (AvgIpc) is 3.26. The minimum absolute atomic E-state index is 0.0394. The van der Waals surface area contributed by atoms with Crippen LogP contribution in [0.4, 0.5) is 0 Å². The molecule has 0 saturated carbocycles. The Balaban J connectivity index is 1.75. The number of pyridine rings is 1. The van der Waals surface area contributed by atoms with Crippen LogP contribution in [0.5, 0.6) is 0 Å². The first-order valence-electron chi connectivity index (χ1n) is 9.86. The van der Waals surface area contributed by atoms with E-state index in [1.165, 1.54) is 5.56 Å². The van der Waals surface area contributed by atoms with Crippen LogP contribution in [0.25, 0.3) is 0 Å². The van der Waals surface area contributed by atoms with E-state index in [1.54, 1.807) is 10.8 Å². The summed E-state index contributed by atoms with van der Waals surface area (Å²) in [6, 6.07) is 4.27. The molecule has 6 heteroatoms. The summed E-state index contributed by atoms with van der Waals surface area (Å²) in [6.45, 7) is 12.8. The summed E-state index contributed by atoms with van der Waals surface area (Å²) in [5.74, 6) is 0. The largest absolute Gasteiger partial charge is 0.381 e. The fourth-order valence-corrected chi connectivity index (χ4v) is 4.02. The van der Waals surface area contributed by atoms with Crippen molar-refractivity contribution >= 4 is 0 Å². The van der Waals surface area contributed by atoms with Crippen molar-refractivity contribution in [3.63, 3.8) is 0 Å². The summed E-state index contributed by atoms with van der Waals surface area (Å²) >= 11 is 0. The summed E-state index contributed by atoms with van der Waals surface area (Å²) in [5, 5.41) is 0. The monoisotopic (exact) mass is 372 g/mol. The third-order valence-electron chi connectivity index (χ3n) is 6.06. The standard InChI is InChI=1S/C21H32N4O2/c1-5-27-16-21(8-11-24-13-10-22-19(24)26)9-12-25(15-21)20(3,4)18-7-6-17(2)23-14-18/h6-7,10,13-14H,5,8-9,11-12,15-16H2,1-4H3,(H,22,26). The molecule has 3 rings (SSSR count). The van der Waals surface area contributed by atoms with Gasteiger partial charge in [0.1, 0.15) is 0 Å². The molecule has 27 heavy (non-hydrogen) atoms. The van der Waals surface area contributed by atoms with Crippen LogP contribution >= 0.6 is 0 Å². The van der Waals surface area contributed by atoms with Gasteiger partial charge in [0.15, 0.2) is 0 Å². The molecule has 0 spiro atoms. The molecule has 2 aromatic heterocycles. The number of nitrogens with zero attached hydrogens (tertiary/aromatic N) is 3. The van der Waals surface area contributed by atoms with Gasteiger partial charge in [0.25, 0.3) is 0 Å². The first-order valence-corrected chi connectivity index (χ1v) is 9.86. The molecule has 0 aliphatic carbocycles. The van der Waals surface area contributed by atoms with E-state index in [-0.39, 0.29) is 16.6 Å². The maximum absolute atomic E-state index is 11.8. The van der Waals surface area contributed by atoms with Crippen molar-refractivity contribution in [2.24, 2.45) is 5.41 Å². The van der Waals surface area contributed by atoms with Crippen molar-refractivity contribution in [2.75, 3.05) is 26.3 Å². The first kappa shape index (κ1) is 19.8. The number of aromatic nitrogens is 3. The maximum Gasteiger partial charge on any atom is 0.325 e. The van der Waals surface area contributed by atoms with Gasteiger partial charge in [0.05, 0.1) is 6.61 Å². The van der Waals surface area contributed by atoms with Crippen LogP contribution < -0.4 is 5.69 Å². The van der Waals surface area contributed by atoms with Gasteiger partial charge in [-0.15, -0.1) is 0 Å². The summed E-state index contributed by atoms with van der Waals surface area (Å²) < 4.78 is 7.62. The third kappa shape index (κ3) is 4.33. The number of nitrogens with one attached hydrogen (secondary N) is 1. The lowest BCUT2D eigenvalue weighted by Gasteiger charge is -2.38. The van der Waals surface area contributed by atoms with Gasteiger partial charge in [-0.2, -0.15) is 0 Å². The molecule has 3 heterocycles. The normalized spacial score (nSPS) is 21.0.